The van der Waals surface area contributed by atoms with Crippen LogP contribution in [-0.2, 0) is 4.74 Å². The van der Waals surface area contributed by atoms with E-state index in [1.165, 1.54) is 6.20 Å². The zero-order valence-corrected chi connectivity index (χ0v) is 12.6. The molecule has 1 aromatic heterocycles. The fourth-order valence-corrected chi connectivity index (χ4v) is 2.24. The molecular formula is C16H20N2O3. The lowest BCUT2D eigenvalue weighted by atomic mass is 10.0. The van der Waals surface area contributed by atoms with E-state index in [1.54, 1.807) is 6.92 Å². The molecule has 0 saturated heterocycles. The SMILES string of the molecule is CCOC(=O)c1cnc2c(C)c(C)ccc2c1NCCO. The molecule has 0 aliphatic heterocycles. The minimum Gasteiger partial charge on any atom is -0.462 e. The molecule has 0 amide bonds. The summed E-state index contributed by atoms with van der Waals surface area (Å²) >= 11 is 0. The third kappa shape index (κ3) is 2.97. The number of pyridine rings is 1. The first-order chi connectivity index (χ1) is 10.1. The molecule has 0 saturated carbocycles. The van der Waals surface area contributed by atoms with Gasteiger partial charge in [-0.15, -0.1) is 0 Å². The summed E-state index contributed by atoms with van der Waals surface area (Å²) in [5.41, 5.74) is 4.13. The van der Waals surface area contributed by atoms with Crippen molar-refractivity contribution in [3.63, 3.8) is 0 Å². The highest BCUT2D eigenvalue weighted by Crippen LogP contribution is 2.29. The van der Waals surface area contributed by atoms with Crippen molar-refractivity contribution < 1.29 is 14.6 Å². The maximum Gasteiger partial charge on any atom is 0.341 e. The van der Waals surface area contributed by atoms with Crippen molar-refractivity contribution in [3.05, 3.63) is 35.0 Å². The monoisotopic (exact) mass is 288 g/mol. The van der Waals surface area contributed by atoms with Crippen molar-refractivity contribution >= 4 is 22.6 Å². The summed E-state index contributed by atoms with van der Waals surface area (Å²) < 4.78 is 5.07. The summed E-state index contributed by atoms with van der Waals surface area (Å²) in [6.45, 7) is 6.44. The van der Waals surface area contributed by atoms with Gasteiger partial charge in [-0.05, 0) is 31.9 Å². The normalized spacial score (nSPS) is 10.7. The molecule has 0 fully saturated rings. The highest BCUT2D eigenvalue weighted by Gasteiger charge is 2.17. The van der Waals surface area contributed by atoms with Crippen LogP contribution in [0, 0.1) is 13.8 Å². The van der Waals surface area contributed by atoms with E-state index in [1.807, 2.05) is 26.0 Å². The van der Waals surface area contributed by atoms with Crippen LogP contribution in [0.15, 0.2) is 18.3 Å². The molecule has 0 atom stereocenters. The number of aromatic nitrogens is 1. The molecule has 5 nitrogen and oxygen atoms in total. The molecule has 0 radical (unpaired) electrons. The third-order valence-electron chi connectivity index (χ3n) is 3.47. The minimum atomic E-state index is -0.412. The van der Waals surface area contributed by atoms with Crippen LogP contribution in [0.1, 0.15) is 28.4 Å². The molecule has 2 aromatic rings. The first-order valence-corrected chi connectivity index (χ1v) is 7.00. The van der Waals surface area contributed by atoms with E-state index in [2.05, 4.69) is 10.3 Å². The summed E-state index contributed by atoms with van der Waals surface area (Å²) in [6.07, 6.45) is 1.53. The van der Waals surface area contributed by atoms with Gasteiger partial charge in [-0.3, -0.25) is 4.98 Å². The molecule has 2 N–H and O–H groups in total. The van der Waals surface area contributed by atoms with Gasteiger partial charge in [0.2, 0.25) is 0 Å². The van der Waals surface area contributed by atoms with Gasteiger partial charge in [-0.2, -0.15) is 0 Å². The quantitative estimate of drug-likeness (QED) is 0.827. The Morgan fingerprint density at radius 1 is 1.38 bits per heavy atom. The van der Waals surface area contributed by atoms with Gasteiger partial charge in [0.15, 0.2) is 0 Å². The highest BCUT2D eigenvalue weighted by atomic mass is 16.5. The van der Waals surface area contributed by atoms with Gasteiger partial charge in [-0.1, -0.05) is 12.1 Å². The maximum absolute atomic E-state index is 12.1. The number of anilines is 1. The number of carbonyl (C=O) groups excluding carboxylic acids is 1. The van der Waals surface area contributed by atoms with Crippen LogP contribution in [0.3, 0.4) is 0 Å². The molecule has 1 heterocycles. The molecule has 2 rings (SSSR count). The molecule has 21 heavy (non-hydrogen) atoms. The second kappa shape index (κ2) is 6.54. The first-order valence-electron chi connectivity index (χ1n) is 7.00. The summed E-state index contributed by atoms with van der Waals surface area (Å²) in [5, 5.41) is 13.0. The molecule has 0 aliphatic carbocycles. The predicted molar refractivity (Wildman–Crippen MR) is 82.7 cm³/mol. The van der Waals surface area contributed by atoms with Crippen molar-refractivity contribution in [2.45, 2.75) is 20.8 Å². The second-order valence-electron chi connectivity index (χ2n) is 4.82. The van der Waals surface area contributed by atoms with Crippen molar-refractivity contribution in [2.24, 2.45) is 0 Å². The lowest BCUT2D eigenvalue weighted by Crippen LogP contribution is -2.13. The molecule has 0 unspecified atom stereocenters. The highest BCUT2D eigenvalue weighted by molar-refractivity contribution is 6.05. The number of hydrogen-bond acceptors (Lipinski definition) is 5. The van der Waals surface area contributed by atoms with Crippen LogP contribution in [0.25, 0.3) is 10.9 Å². The van der Waals surface area contributed by atoms with Crippen molar-refractivity contribution in [1.29, 1.82) is 0 Å². The summed E-state index contributed by atoms with van der Waals surface area (Å²) in [7, 11) is 0. The lowest BCUT2D eigenvalue weighted by molar-refractivity contribution is 0.0527. The van der Waals surface area contributed by atoms with E-state index in [0.717, 1.165) is 22.0 Å². The molecule has 0 aliphatic rings. The number of ether oxygens (including phenoxy) is 1. The number of hydrogen-bond donors (Lipinski definition) is 2. The topological polar surface area (TPSA) is 71.5 Å². The Labute approximate surface area is 124 Å². The maximum atomic E-state index is 12.1. The number of esters is 1. The van der Waals surface area contributed by atoms with Crippen molar-refractivity contribution in [3.8, 4) is 0 Å². The van der Waals surface area contributed by atoms with E-state index >= 15 is 0 Å². The standard InChI is InChI=1S/C16H20N2O3/c1-4-21-16(20)13-9-18-14-11(3)10(2)5-6-12(14)15(13)17-7-8-19/h5-6,9,19H,4,7-8H2,1-3H3,(H,17,18). The van der Waals surface area contributed by atoms with Crippen LogP contribution in [0.5, 0.6) is 0 Å². The molecule has 5 heteroatoms. The van der Waals surface area contributed by atoms with Crippen LogP contribution < -0.4 is 5.32 Å². The molecule has 1 aromatic carbocycles. The fourth-order valence-electron chi connectivity index (χ4n) is 2.24. The van der Waals surface area contributed by atoms with Gasteiger partial charge in [0.05, 0.1) is 24.4 Å². The van der Waals surface area contributed by atoms with Crippen molar-refractivity contribution in [1.82, 2.24) is 4.98 Å². The average molecular weight is 288 g/mol. The van der Waals surface area contributed by atoms with E-state index in [9.17, 15) is 4.79 Å². The molecule has 0 bridgehead atoms. The zero-order chi connectivity index (χ0) is 15.4. The van der Waals surface area contributed by atoms with E-state index in [4.69, 9.17) is 9.84 Å². The van der Waals surface area contributed by atoms with Gasteiger partial charge < -0.3 is 15.2 Å². The number of aliphatic hydroxyl groups excluding tert-OH is 1. The zero-order valence-electron chi connectivity index (χ0n) is 12.6. The van der Waals surface area contributed by atoms with E-state index in [-0.39, 0.29) is 6.61 Å². The Bertz CT molecular complexity index is 668. The van der Waals surface area contributed by atoms with E-state index in [0.29, 0.717) is 24.4 Å². The van der Waals surface area contributed by atoms with Crippen molar-refractivity contribution in [2.75, 3.05) is 25.1 Å². The van der Waals surface area contributed by atoms with Crippen LogP contribution in [0.2, 0.25) is 0 Å². The van der Waals surface area contributed by atoms with Crippen LogP contribution in [0.4, 0.5) is 5.69 Å². The molecule has 0 spiro atoms. The second-order valence-corrected chi connectivity index (χ2v) is 4.82. The Kier molecular flexibility index (Phi) is 4.75. The molecular weight excluding hydrogens is 268 g/mol. The first kappa shape index (κ1) is 15.3. The minimum absolute atomic E-state index is 0.0169. The fraction of sp³-hybridized carbons (Fsp3) is 0.375. The number of benzene rings is 1. The van der Waals surface area contributed by atoms with Gasteiger partial charge in [0, 0.05) is 18.1 Å². The van der Waals surface area contributed by atoms with E-state index < -0.39 is 5.97 Å². The van der Waals surface area contributed by atoms with Crippen LogP contribution in [-0.4, -0.2) is 35.8 Å². The smallest absolute Gasteiger partial charge is 0.341 e. The number of nitrogens with one attached hydrogen (secondary N) is 1. The average Bonchev–Trinajstić information content (AvgIpc) is 2.48. The van der Waals surface area contributed by atoms with Gasteiger partial charge >= 0.3 is 5.97 Å². The van der Waals surface area contributed by atoms with Crippen LogP contribution >= 0.6 is 0 Å². The number of fused-ring (bicyclic) bond motifs is 1. The number of carbonyl (C=O) groups is 1. The van der Waals surface area contributed by atoms with Gasteiger partial charge in [0.1, 0.15) is 5.56 Å². The largest absolute Gasteiger partial charge is 0.462 e. The summed E-state index contributed by atoms with van der Waals surface area (Å²) in [4.78, 5) is 16.5. The Balaban J connectivity index is 2.64. The molecule has 112 valence electrons. The number of nitrogens with zero attached hydrogens (tertiary/aromatic N) is 1. The Morgan fingerprint density at radius 2 is 2.14 bits per heavy atom. The number of rotatable bonds is 5. The predicted octanol–water partition coefficient (Wildman–Crippen LogP) is 2.43. The summed E-state index contributed by atoms with van der Waals surface area (Å²) in [6, 6.07) is 3.94. The third-order valence-corrected chi connectivity index (χ3v) is 3.47. The lowest BCUT2D eigenvalue weighted by Gasteiger charge is -2.15. The van der Waals surface area contributed by atoms with Gasteiger partial charge in [-0.25, -0.2) is 4.79 Å². The van der Waals surface area contributed by atoms with Gasteiger partial charge in [0.25, 0.3) is 0 Å². The Hall–Kier alpha value is -2.14. The Morgan fingerprint density at radius 3 is 2.81 bits per heavy atom. The number of aliphatic hydroxyl groups is 1. The number of aryl methyl sites for hydroxylation is 2. The summed E-state index contributed by atoms with van der Waals surface area (Å²) in [5.74, 6) is -0.412.